The van der Waals surface area contributed by atoms with Gasteiger partial charge in [0, 0.05) is 13.1 Å². The fourth-order valence-electron chi connectivity index (χ4n) is 1.95. The molecule has 1 aliphatic rings. The summed E-state index contributed by atoms with van der Waals surface area (Å²) in [7, 11) is 0. The van der Waals surface area contributed by atoms with Crippen LogP contribution in [0.4, 0.5) is 4.79 Å². The zero-order valence-corrected chi connectivity index (χ0v) is 12.0. The highest BCUT2D eigenvalue weighted by Gasteiger charge is 2.09. The van der Waals surface area contributed by atoms with Crippen molar-refractivity contribution in [2.24, 2.45) is 5.73 Å². The van der Waals surface area contributed by atoms with E-state index in [1.807, 2.05) is 5.01 Å². The van der Waals surface area contributed by atoms with Gasteiger partial charge in [0.1, 0.15) is 0 Å². The van der Waals surface area contributed by atoms with Crippen LogP contribution >= 0.6 is 0 Å². The van der Waals surface area contributed by atoms with E-state index in [1.165, 1.54) is 24.6 Å². The molecule has 0 aliphatic carbocycles. The average Bonchev–Trinajstić information content (AvgIpc) is 2.48. The number of urea groups is 1. The summed E-state index contributed by atoms with van der Waals surface area (Å²) in [5.41, 5.74) is 7.45. The minimum Gasteiger partial charge on any atom is -0.478 e. The fraction of sp³-hybridized carbons (Fsp3) is 0.357. The number of primary amides is 1. The zero-order valence-electron chi connectivity index (χ0n) is 12.0. The molecule has 1 aromatic carbocycles. The van der Waals surface area contributed by atoms with E-state index in [9.17, 15) is 14.4 Å². The first-order chi connectivity index (χ1) is 10.4. The second-order valence-electron chi connectivity index (χ2n) is 4.71. The number of aromatic carboxylic acids is 2. The molecule has 1 heterocycles. The monoisotopic (exact) mass is 309 g/mol. The molecule has 1 aliphatic heterocycles. The third-order valence-electron chi connectivity index (χ3n) is 2.98. The number of hydrogen-bond donors (Lipinski definition) is 4. The normalized spacial score (nSPS) is 14.4. The lowest BCUT2D eigenvalue weighted by atomic mass is 10.1. The molecule has 0 spiro atoms. The Bertz CT molecular complexity index is 512. The van der Waals surface area contributed by atoms with Crippen molar-refractivity contribution >= 4 is 18.0 Å². The summed E-state index contributed by atoms with van der Waals surface area (Å²) in [6.45, 7) is 1.87. The maximum atomic E-state index is 10.4. The highest BCUT2D eigenvalue weighted by molar-refractivity contribution is 5.93. The van der Waals surface area contributed by atoms with Crippen molar-refractivity contribution in [1.29, 1.82) is 0 Å². The van der Waals surface area contributed by atoms with Crippen LogP contribution in [0.2, 0.25) is 0 Å². The molecule has 0 radical (unpaired) electrons. The van der Waals surface area contributed by atoms with E-state index in [2.05, 4.69) is 5.43 Å². The van der Waals surface area contributed by atoms with E-state index in [0.717, 1.165) is 32.0 Å². The van der Waals surface area contributed by atoms with Crippen LogP contribution in [0.3, 0.4) is 0 Å². The van der Waals surface area contributed by atoms with E-state index >= 15 is 0 Å². The summed E-state index contributed by atoms with van der Waals surface area (Å²) >= 11 is 0. The summed E-state index contributed by atoms with van der Waals surface area (Å²) < 4.78 is 0. The molecule has 0 unspecified atom stereocenters. The van der Waals surface area contributed by atoms with Gasteiger partial charge in [-0.1, -0.05) is 12.5 Å². The van der Waals surface area contributed by atoms with Crippen LogP contribution in [0.1, 0.15) is 40.0 Å². The Balaban J connectivity index is 0.000000224. The molecule has 0 aromatic heterocycles. The topological polar surface area (TPSA) is 133 Å². The van der Waals surface area contributed by atoms with Gasteiger partial charge in [-0.2, -0.15) is 0 Å². The molecule has 0 bridgehead atoms. The fourth-order valence-corrected chi connectivity index (χ4v) is 1.95. The van der Waals surface area contributed by atoms with E-state index in [4.69, 9.17) is 15.9 Å². The number of piperidine rings is 1. The number of nitrogens with one attached hydrogen (secondary N) is 1. The maximum Gasteiger partial charge on any atom is 0.335 e. The number of hydrazine groups is 1. The van der Waals surface area contributed by atoms with Crippen molar-refractivity contribution in [3.63, 3.8) is 0 Å². The summed E-state index contributed by atoms with van der Waals surface area (Å²) in [6, 6.07) is 4.74. The molecule has 8 nitrogen and oxygen atoms in total. The Morgan fingerprint density at radius 2 is 1.50 bits per heavy atom. The summed E-state index contributed by atoms with van der Waals surface area (Å²) in [4.78, 5) is 31.1. The lowest BCUT2D eigenvalue weighted by Crippen LogP contribution is -2.47. The van der Waals surface area contributed by atoms with Gasteiger partial charge in [-0.3, -0.25) is 5.43 Å². The molecule has 1 aromatic rings. The van der Waals surface area contributed by atoms with Crippen molar-refractivity contribution in [3.8, 4) is 0 Å². The van der Waals surface area contributed by atoms with Gasteiger partial charge in [0.15, 0.2) is 0 Å². The SMILES string of the molecule is NC(=O)NN1CCCCC1.O=C(O)c1cccc(C(=O)O)c1. The number of carbonyl (C=O) groups is 3. The van der Waals surface area contributed by atoms with Gasteiger partial charge in [-0.15, -0.1) is 0 Å². The first-order valence-electron chi connectivity index (χ1n) is 6.78. The predicted octanol–water partition coefficient (Wildman–Crippen LogP) is 1.14. The van der Waals surface area contributed by atoms with Crippen LogP contribution in [0.25, 0.3) is 0 Å². The number of carboxylic acids is 2. The average molecular weight is 309 g/mol. The number of rotatable bonds is 3. The first-order valence-corrected chi connectivity index (χ1v) is 6.78. The Morgan fingerprint density at radius 3 is 1.91 bits per heavy atom. The molecule has 1 fully saturated rings. The van der Waals surface area contributed by atoms with Crippen LogP contribution in [0.5, 0.6) is 0 Å². The summed E-state index contributed by atoms with van der Waals surface area (Å²) in [6.07, 6.45) is 3.57. The van der Waals surface area contributed by atoms with Gasteiger partial charge < -0.3 is 15.9 Å². The minimum atomic E-state index is -1.13. The molecule has 120 valence electrons. The number of nitrogens with zero attached hydrogens (tertiary/aromatic N) is 1. The number of carboxylic acid groups (broad SMARTS) is 2. The Hall–Kier alpha value is -2.61. The standard InChI is InChI=1S/C8H6O4.C6H13N3O/c9-7(10)5-2-1-3-6(4-5)8(11)12;7-6(10)8-9-4-2-1-3-5-9/h1-4H,(H,9,10)(H,11,12);1-5H2,(H3,7,8,10). The minimum absolute atomic E-state index is 0.0186. The third-order valence-corrected chi connectivity index (χ3v) is 2.98. The van der Waals surface area contributed by atoms with Gasteiger partial charge in [0.05, 0.1) is 11.1 Å². The van der Waals surface area contributed by atoms with Gasteiger partial charge in [0.2, 0.25) is 0 Å². The second kappa shape index (κ2) is 8.63. The molecular formula is C14H19N3O5. The van der Waals surface area contributed by atoms with E-state index < -0.39 is 18.0 Å². The lowest BCUT2D eigenvalue weighted by molar-refractivity contribution is 0.0696. The van der Waals surface area contributed by atoms with Crippen molar-refractivity contribution in [3.05, 3.63) is 35.4 Å². The molecule has 2 amide bonds. The molecular weight excluding hydrogens is 290 g/mol. The molecule has 22 heavy (non-hydrogen) atoms. The third kappa shape index (κ3) is 6.23. The quantitative estimate of drug-likeness (QED) is 0.661. The summed E-state index contributed by atoms with van der Waals surface area (Å²) in [5, 5.41) is 18.9. The largest absolute Gasteiger partial charge is 0.478 e. The Labute approximate surface area is 127 Å². The Kier molecular flexibility index (Phi) is 6.84. The van der Waals surface area contributed by atoms with Gasteiger partial charge >= 0.3 is 18.0 Å². The molecule has 0 atom stereocenters. The van der Waals surface area contributed by atoms with Gasteiger partial charge in [0.25, 0.3) is 0 Å². The second-order valence-corrected chi connectivity index (χ2v) is 4.71. The van der Waals surface area contributed by atoms with E-state index in [1.54, 1.807) is 0 Å². The van der Waals surface area contributed by atoms with Crippen LogP contribution in [0, 0.1) is 0 Å². The number of hydrogen-bond acceptors (Lipinski definition) is 4. The number of carbonyl (C=O) groups excluding carboxylic acids is 1. The molecule has 1 saturated heterocycles. The predicted molar refractivity (Wildman–Crippen MR) is 78.5 cm³/mol. The highest BCUT2D eigenvalue weighted by atomic mass is 16.4. The number of amides is 2. The molecule has 0 saturated carbocycles. The van der Waals surface area contributed by atoms with Crippen LogP contribution in [-0.4, -0.2) is 46.3 Å². The zero-order chi connectivity index (χ0) is 16.5. The highest BCUT2D eigenvalue weighted by Crippen LogP contribution is 2.05. The summed E-state index contributed by atoms with van der Waals surface area (Å²) in [5.74, 6) is -2.25. The van der Waals surface area contributed by atoms with Gasteiger partial charge in [-0.05, 0) is 31.0 Å². The molecule has 2 rings (SSSR count). The smallest absolute Gasteiger partial charge is 0.335 e. The van der Waals surface area contributed by atoms with Crippen LogP contribution in [0.15, 0.2) is 24.3 Å². The van der Waals surface area contributed by atoms with Crippen LogP contribution in [-0.2, 0) is 0 Å². The van der Waals surface area contributed by atoms with Crippen molar-refractivity contribution in [1.82, 2.24) is 10.4 Å². The first kappa shape index (κ1) is 17.4. The lowest BCUT2D eigenvalue weighted by Gasteiger charge is -2.25. The van der Waals surface area contributed by atoms with Crippen molar-refractivity contribution in [2.75, 3.05) is 13.1 Å². The number of benzene rings is 1. The van der Waals surface area contributed by atoms with Crippen molar-refractivity contribution < 1.29 is 24.6 Å². The van der Waals surface area contributed by atoms with Crippen molar-refractivity contribution in [2.45, 2.75) is 19.3 Å². The van der Waals surface area contributed by atoms with E-state index in [0.29, 0.717) is 0 Å². The molecule has 8 heteroatoms. The maximum absolute atomic E-state index is 10.4. The molecule has 5 N–H and O–H groups in total. The van der Waals surface area contributed by atoms with E-state index in [-0.39, 0.29) is 11.1 Å². The van der Waals surface area contributed by atoms with Gasteiger partial charge in [-0.25, -0.2) is 19.4 Å². The van der Waals surface area contributed by atoms with Crippen LogP contribution < -0.4 is 11.2 Å². The number of nitrogens with two attached hydrogens (primary N) is 1. The Morgan fingerprint density at radius 1 is 1.00 bits per heavy atom.